The molecular weight excluding hydrogens is 126 g/mol. The van der Waals surface area contributed by atoms with E-state index in [9.17, 15) is 0 Å². The van der Waals surface area contributed by atoms with E-state index >= 15 is 0 Å². The van der Waals surface area contributed by atoms with E-state index in [2.05, 4.69) is 17.3 Å². The second-order valence-corrected chi connectivity index (χ2v) is 2.58. The lowest BCUT2D eigenvalue weighted by Gasteiger charge is -2.01. The molecule has 0 aromatic heterocycles. The zero-order chi connectivity index (χ0) is 7.82. The Morgan fingerprint density at radius 3 is 2.60 bits per heavy atom. The van der Waals surface area contributed by atoms with Crippen LogP contribution in [0.1, 0.15) is 39.5 Å². The van der Waals surface area contributed by atoms with Crippen molar-refractivity contribution in [3.8, 4) is 0 Å². The molecule has 3 nitrogen and oxygen atoms in total. The van der Waals surface area contributed by atoms with Crippen molar-refractivity contribution in [1.82, 2.24) is 0 Å². The van der Waals surface area contributed by atoms with Crippen molar-refractivity contribution >= 4 is 0 Å². The number of hydrogen-bond acceptors (Lipinski definition) is 2. The van der Waals surface area contributed by atoms with Crippen LogP contribution in [0.2, 0.25) is 0 Å². The molecule has 0 heterocycles. The number of unbranched alkanes of at least 4 members (excludes halogenated alkanes) is 2. The number of rotatable bonds is 5. The Balaban J connectivity index is 3.13. The lowest BCUT2D eigenvalue weighted by Crippen LogP contribution is -1.97. The summed E-state index contributed by atoms with van der Waals surface area (Å²) in [6.45, 7) is 4.22. The Morgan fingerprint density at radius 1 is 1.40 bits per heavy atom. The largest absolute Gasteiger partial charge is 0.305 e. The molecule has 3 heteroatoms. The summed E-state index contributed by atoms with van der Waals surface area (Å²) in [6, 6.07) is 0.302. The highest BCUT2D eigenvalue weighted by atomic mass is 15.3. The molecule has 0 rings (SSSR count). The fraction of sp³-hybridized carbons (Fsp3) is 1.00. The molecular formula is C7H17N3. The molecule has 0 saturated heterocycles. The molecule has 0 fully saturated rings. The minimum Gasteiger partial charge on any atom is -0.305 e. The quantitative estimate of drug-likeness (QED) is 0.273. The van der Waals surface area contributed by atoms with Crippen molar-refractivity contribution in [2.45, 2.75) is 45.6 Å². The van der Waals surface area contributed by atoms with Gasteiger partial charge in [0.15, 0.2) is 0 Å². The number of nitrogens with zero attached hydrogens (tertiary/aromatic N) is 2. The second-order valence-electron chi connectivity index (χ2n) is 2.58. The Kier molecular flexibility index (Phi) is 6.13. The van der Waals surface area contributed by atoms with Crippen LogP contribution in [0.15, 0.2) is 10.3 Å². The zero-order valence-corrected chi connectivity index (χ0v) is 6.88. The highest BCUT2D eigenvalue weighted by Gasteiger charge is 1.96. The van der Waals surface area contributed by atoms with E-state index < -0.39 is 0 Å². The van der Waals surface area contributed by atoms with E-state index in [1.165, 1.54) is 19.3 Å². The fourth-order valence-corrected chi connectivity index (χ4v) is 0.861. The predicted molar refractivity (Wildman–Crippen MR) is 42.6 cm³/mol. The maximum absolute atomic E-state index is 4.89. The van der Waals surface area contributed by atoms with Gasteiger partial charge in [-0.3, -0.25) is 0 Å². The van der Waals surface area contributed by atoms with Crippen molar-refractivity contribution < 1.29 is 0 Å². The minimum absolute atomic E-state index is 0.302. The van der Waals surface area contributed by atoms with E-state index in [1.807, 2.05) is 6.92 Å². The van der Waals surface area contributed by atoms with Crippen LogP contribution in [0.3, 0.4) is 0 Å². The minimum atomic E-state index is 0.302. The fourth-order valence-electron chi connectivity index (χ4n) is 0.861. The van der Waals surface area contributed by atoms with E-state index in [-0.39, 0.29) is 0 Å². The van der Waals surface area contributed by atoms with Gasteiger partial charge >= 0.3 is 0 Å². The van der Waals surface area contributed by atoms with Crippen LogP contribution in [0.25, 0.3) is 0 Å². The number of nitrogens with two attached hydrogens (primary N) is 1. The van der Waals surface area contributed by atoms with Crippen molar-refractivity contribution in [3.63, 3.8) is 0 Å². The van der Waals surface area contributed by atoms with Crippen LogP contribution in [0, 0.1) is 0 Å². The first-order chi connectivity index (χ1) is 4.81. The first-order valence-corrected chi connectivity index (χ1v) is 3.91. The van der Waals surface area contributed by atoms with E-state index in [0.29, 0.717) is 6.04 Å². The van der Waals surface area contributed by atoms with Gasteiger partial charge in [-0.25, -0.2) is 0 Å². The summed E-state index contributed by atoms with van der Waals surface area (Å²) in [7, 11) is 0. The van der Waals surface area contributed by atoms with Crippen LogP contribution in [-0.4, -0.2) is 6.04 Å². The van der Waals surface area contributed by atoms with Crippen molar-refractivity contribution in [1.29, 1.82) is 0 Å². The summed E-state index contributed by atoms with van der Waals surface area (Å²) in [5.74, 6) is 4.89. The lowest BCUT2D eigenvalue weighted by molar-refractivity contribution is 0.570. The Morgan fingerprint density at radius 2 is 2.10 bits per heavy atom. The SMILES string of the molecule is CCCCCC(C)N=NN. The summed E-state index contributed by atoms with van der Waals surface area (Å²) >= 11 is 0. The summed E-state index contributed by atoms with van der Waals surface area (Å²) in [4.78, 5) is 0. The average Bonchev–Trinajstić information content (AvgIpc) is 1.89. The molecule has 0 aliphatic rings. The highest BCUT2D eigenvalue weighted by molar-refractivity contribution is 4.55. The Hall–Kier alpha value is -0.600. The third-order valence-corrected chi connectivity index (χ3v) is 1.49. The highest BCUT2D eigenvalue weighted by Crippen LogP contribution is 2.05. The van der Waals surface area contributed by atoms with Gasteiger partial charge < -0.3 is 5.84 Å². The standard InChI is InChI=1S/C7H17N3/c1-3-4-5-6-7(2)9-10-8/h7H,3-6H2,1-2H3,(H2,8,9). The zero-order valence-electron chi connectivity index (χ0n) is 6.88. The number of hydrogen-bond donors (Lipinski definition) is 1. The molecule has 0 saturated carbocycles. The maximum Gasteiger partial charge on any atom is 0.0701 e. The van der Waals surface area contributed by atoms with Crippen LogP contribution in [0.5, 0.6) is 0 Å². The Labute approximate surface area is 62.7 Å². The monoisotopic (exact) mass is 143 g/mol. The molecule has 10 heavy (non-hydrogen) atoms. The predicted octanol–water partition coefficient (Wildman–Crippen LogP) is 2.28. The van der Waals surface area contributed by atoms with Gasteiger partial charge in [0.1, 0.15) is 0 Å². The smallest absolute Gasteiger partial charge is 0.0701 e. The van der Waals surface area contributed by atoms with Gasteiger partial charge in [0, 0.05) is 0 Å². The van der Waals surface area contributed by atoms with Gasteiger partial charge in [-0.1, -0.05) is 31.4 Å². The first kappa shape index (κ1) is 9.40. The molecule has 0 aromatic carbocycles. The average molecular weight is 143 g/mol. The van der Waals surface area contributed by atoms with Crippen LogP contribution < -0.4 is 5.84 Å². The van der Waals surface area contributed by atoms with Crippen molar-refractivity contribution in [2.75, 3.05) is 0 Å². The molecule has 1 unspecified atom stereocenters. The van der Waals surface area contributed by atoms with Crippen LogP contribution in [-0.2, 0) is 0 Å². The van der Waals surface area contributed by atoms with Gasteiger partial charge in [-0.15, -0.1) is 0 Å². The summed E-state index contributed by atoms with van der Waals surface area (Å²) < 4.78 is 0. The summed E-state index contributed by atoms with van der Waals surface area (Å²) in [5.41, 5.74) is 0. The second kappa shape index (κ2) is 6.52. The van der Waals surface area contributed by atoms with Gasteiger partial charge in [-0.2, -0.15) is 5.11 Å². The van der Waals surface area contributed by atoms with Gasteiger partial charge in [0.05, 0.1) is 6.04 Å². The van der Waals surface area contributed by atoms with Gasteiger partial charge in [0.25, 0.3) is 0 Å². The molecule has 0 amide bonds. The summed E-state index contributed by atoms with van der Waals surface area (Å²) in [6.07, 6.45) is 4.88. The molecule has 1 atom stereocenters. The summed E-state index contributed by atoms with van der Waals surface area (Å²) in [5, 5.41) is 7.04. The first-order valence-electron chi connectivity index (χ1n) is 3.91. The lowest BCUT2D eigenvalue weighted by atomic mass is 10.1. The molecule has 0 aliphatic carbocycles. The molecule has 0 aromatic rings. The van der Waals surface area contributed by atoms with E-state index in [0.717, 1.165) is 6.42 Å². The Bertz CT molecular complexity index is 90.9. The molecule has 2 N–H and O–H groups in total. The van der Waals surface area contributed by atoms with Crippen LogP contribution in [0.4, 0.5) is 0 Å². The third-order valence-electron chi connectivity index (χ3n) is 1.49. The third kappa shape index (κ3) is 5.54. The molecule has 0 aliphatic heterocycles. The van der Waals surface area contributed by atoms with E-state index in [1.54, 1.807) is 0 Å². The maximum atomic E-state index is 4.89. The van der Waals surface area contributed by atoms with Crippen LogP contribution >= 0.6 is 0 Å². The molecule has 0 bridgehead atoms. The van der Waals surface area contributed by atoms with Gasteiger partial charge in [-0.05, 0) is 13.3 Å². The van der Waals surface area contributed by atoms with Crippen molar-refractivity contribution in [2.24, 2.45) is 16.2 Å². The van der Waals surface area contributed by atoms with E-state index in [4.69, 9.17) is 5.84 Å². The molecule has 0 spiro atoms. The normalized spacial score (nSPS) is 14.2. The molecule has 60 valence electrons. The van der Waals surface area contributed by atoms with Gasteiger partial charge in [0.2, 0.25) is 0 Å². The molecule has 0 radical (unpaired) electrons. The van der Waals surface area contributed by atoms with Crippen molar-refractivity contribution in [3.05, 3.63) is 0 Å². The topological polar surface area (TPSA) is 50.7 Å².